The number of rotatable bonds is 3. The maximum atomic E-state index is 12.1. The molecule has 6 nitrogen and oxygen atoms in total. The zero-order valence-electron chi connectivity index (χ0n) is 12.1. The van der Waals surface area contributed by atoms with Gasteiger partial charge in [0.1, 0.15) is 5.69 Å². The number of hydrogen-bond donors (Lipinski definition) is 2. The molecule has 0 fully saturated rings. The van der Waals surface area contributed by atoms with Crippen molar-refractivity contribution in [2.45, 2.75) is 0 Å². The van der Waals surface area contributed by atoms with Crippen LogP contribution >= 0.6 is 39.1 Å². The van der Waals surface area contributed by atoms with E-state index < -0.39 is 11.8 Å². The third-order valence-corrected chi connectivity index (χ3v) is 3.95. The second-order valence-corrected chi connectivity index (χ2v) is 6.27. The van der Waals surface area contributed by atoms with Crippen LogP contribution in [0.25, 0.3) is 0 Å². The Bertz CT molecular complexity index is 754. The number of halogens is 3. The van der Waals surface area contributed by atoms with E-state index in [-0.39, 0.29) is 21.4 Å². The number of nitrogens with zero attached hydrogens (tertiary/aromatic N) is 1. The standard InChI is InChI=1S/C14H12BrCl2N3O3/c1-20-6-8(15)5-11(20)14(22)19-18-13(21)7-3-9(16)12(23-2)10(17)4-7/h3-6H,1-2H3,(H,18,21)(H,19,22). The minimum absolute atomic E-state index is 0.189. The zero-order valence-corrected chi connectivity index (χ0v) is 15.2. The maximum Gasteiger partial charge on any atom is 0.286 e. The second kappa shape index (κ2) is 7.25. The van der Waals surface area contributed by atoms with E-state index in [9.17, 15) is 9.59 Å². The molecule has 0 saturated heterocycles. The maximum absolute atomic E-state index is 12.1. The number of carbonyl (C=O) groups excluding carboxylic acids is 2. The smallest absolute Gasteiger partial charge is 0.286 e. The summed E-state index contributed by atoms with van der Waals surface area (Å²) in [4.78, 5) is 24.1. The number of aryl methyl sites for hydroxylation is 1. The first kappa shape index (κ1) is 17.7. The Morgan fingerprint density at radius 3 is 2.17 bits per heavy atom. The Morgan fingerprint density at radius 2 is 1.70 bits per heavy atom. The van der Waals surface area contributed by atoms with Crippen LogP contribution in [-0.4, -0.2) is 23.5 Å². The van der Waals surface area contributed by atoms with Crippen molar-refractivity contribution < 1.29 is 14.3 Å². The molecule has 23 heavy (non-hydrogen) atoms. The second-order valence-electron chi connectivity index (χ2n) is 4.54. The van der Waals surface area contributed by atoms with Crippen molar-refractivity contribution in [2.75, 3.05) is 7.11 Å². The fourth-order valence-electron chi connectivity index (χ4n) is 1.89. The van der Waals surface area contributed by atoms with Crippen molar-refractivity contribution >= 4 is 50.9 Å². The third kappa shape index (κ3) is 3.99. The van der Waals surface area contributed by atoms with Crippen molar-refractivity contribution in [3.8, 4) is 5.75 Å². The third-order valence-electron chi connectivity index (χ3n) is 2.96. The highest BCUT2D eigenvalue weighted by atomic mass is 79.9. The van der Waals surface area contributed by atoms with Crippen LogP contribution in [0.15, 0.2) is 28.9 Å². The molecule has 0 unspecified atom stereocenters. The Morgan fingerprint density at radius 1 is 1.13 bits per heavy atom. The molecule has 9 heteroatoms. The molecule has 0 atom stereocenters. The van der Waals surface area contributed by atoms with Gasteiger partial charge < -0.3 is 9.30 Å². The number of nitrogens with one attached hydrogen (secondary N) is 2. The van der Waals surface area contributed by atoms with Gasteiger partial charge in [0.25, 0.3) is 11.8 Å². The van der Waals surface area contributed by atoms with Crippen LogP contribution in [0.3, 0.4) is 0 Å². The van der Waals surface area contributed by atoms with E-state index >= 15 is 0 Å². The van der Waals surface area contributed by atoms with Crippen molar-refractivity contribution in [2.24, 2.45) is 7.05 Å². The predicted molar refractivity (Wildman–Crippen MR) is 91.1 cm³/mol. The van der Waals surface area contributed by atoms with E-state index in [0.29, 0.717) is 5.69 Å². The summed E-state index contributed by atoms with van der Waals surface area (Å²) in [6.45, 7) is 0. The van der Waals surface area contributed by atoms with Crippen LogP contribution < -0.4 is 15.6 Å². The van der Waals surface area contributed by atoms with Crippen molar-refractivity contribution in [1.29, 1.82) is 0 Å². The van der Waals surface area contributed by atoms with Crippen LogP contribution in [0.1, 0.15) is 20.8 Å². The first-order valence-electron chi connectivity index (χ1n) is 6.29. The van der Waals surface area contributed by atoms with E-state index in [4.69, 9.17) is 27.9 Å². The van der Waals surface area contributed by atoms with Crippen LogP contribution in [0.2, 0.25) is 10.0 Å². The molecule has 0 spiro atoms. The van der Waals surface area contributed by atoms with Gasteiger partial charge in [0, 0.05) is 23.3 Å². The van der Waals surface area contributed by atoms with Gasteiger partial charge in [-0.3, -0.25) is 20.4 Å². The molecule has 1 heterocycles. The molecule has 0 aliphatic heterocycles. The minimum atomic E-state index is -0.557. The van der Waals surface area contributed by atoms with E-state index in [1.807, 2.05) is 0 Å². The summed E-state index contributed by atoms with van der Waals surface area (Å²) in [7, 11) is 3.13. The quantitative estimate of drug-likeness (QED) is 0.749. The molecular formula is C14H12BrCl2N3O3. The fraction of sp³-hybridized carbons (Fsp3) is 0.143. The van der Waals surface area contributed by atoms with Gasteiger partial charge in [-0.1, -0.05) is 23.2 Å². The molecule has 2 amide bonds. The number of hydrogen-bond acceptors (Lipinski definition) is 3. The number of carbonyl (C=O) groups is 2. The Hall–Kier alpha value is -1.70. The summed E-state index contributed by atoms with van der Waals surface area (Å²) in [5, 5.41) is 0.394. The molecular weight excluding hydrogens is 409 g/mol. The van der Waals surface area contributed by atoms with E-state index in [2.05, 4.69) is 26.8 Å². The van der Waals surface area contributed by atoms with Gasteiger partial charge in [-0.2, -0.15) is 0 Å². The number of aromatic nitrogens is 1. The summed E-state index contributed by atoms with van der Waals surface area (Å²) < 4.78 is 7.38. The molecule has 2 aromatic rings. The lowest BCUT2D eigenvalue weighted by molar-refractivity contribution is 0.0842. The van der Waals surface area contributed by atoms with Gasteiger partial charge in [-0.15, -0.1) is 0 Å². The van der Waals surface area contributed by atoms with Crippen molar-refractivity contribution in [3.05, 3.63) is 50.2 Å². The Balaban J connectivity index is 2.08. The SMILES string of the molecule is COc1c(Cl)cc(C(=O)NNC(=O)c2cc(Br)cn2C)cc1Cl. The number of hydrazine groups is 1. The summed E-state index contributed by atoms with van der Waals surface area (Å²) >= 11 is 15.2. The Kier molecular flexibility index (Phi) is 5.56. The lowest BCUT2D eigenvalue weighted by Gasteiger charge is -2.10. The minimum Gasteiger partial charge on any atom is -0.494 e. The highest BCUT2D eigenvalue weighted by Crippen LogP contribution is 2.33. The lowest BCUT2D eigenvalue weighted by atomic mass is 10.2. The van der Waals surface area contributed by atoms with Crippen LogP contribution in [0.5, 0.6) is 5.75 Å². The lowest BCUT2D eigenvalue weighted by Crippen LogP contribution is -2.42. The van der Waals surface area contributed by atoms with E-state index in [0.717, 1.165) is 4.47 Å². The topological polar surface area (TPSA) is 72.4 Å². The number of benzene rings is 1. The van der Waals surface area contributed by atoms with Gasteiger partial charge in [0.05, 0.1) is 17.2 Å². The first-order chi connectivity index (χ1) is 10.8. The summed E-state index contributed by atoms with van der Waals surface area (Å²) in [6.07, 6.45) is 1.72. The van der Waals surface area contributed by atoms with E-state index in [1.165, 1.54) is 19.2 Å². The van der Waals surface area contributed by atoms with Crippen LogP contribution in [-0.2, 0) is 7.05 Å². The summed E-state index contributed by atoms with van der Waals surface area (Å²) in [5.41, 5.74) is 5.19. The summed E-state index contributed by atoms with van der Waals surface area (Å²) in [5.74, 6) is -0.738. The average Bonchev–Trinajstić information content (AvgIpc) is 2.82. The van der Waals surface area contributed by atoms with Gasteiger partial charge in [-0.25, -0.2) is 0 Å². The number of methoxy groups -OCH3 is 1. The first-order valence-corrected chi connectivity index (χ1v) is 7.84. The number of amides is 2. The molecule has 0 aliphatic rings. The van der Waals surface area contributed by atoms with Crippen molar-refractivity contribution in [3.63, 3.8) is 0 Å². The van der Waals surface area contributed by atoms with Gasteiger partial charge >= 0.3 is 0 Å². The Labute approximate surface area is 150 Å². The monoisotopic (exact) mass is 419 g/mol. The summed E-state index contributed by atoms with van der Waals surface area (Å²) in [6, 6.07) is 4.42. The molecule has 1 aromatic heterocycles. The zero-order chi connectivity index (χ0) is 17.1. The highest BCUT2D eigenvalue weighted by Gasteiger charge is 2.15. The fourth-order valence-corrected chi connectivity index (χ4v) is 3.05. The van der Waals surface area contributed by atoms with Gasteiger partial charge in [-0.05, 0) is 34.1 Å². The molecule has 0 radical (unpaired) electrons. The normalized spacial score (nSPS) is 10.3. The molecule has 0 bridgehead atoms. The molecule has 2 rings (SSSR count). The molecule has 2 N–H and O–H groups in total. The van der Waals surface area contributed by atoms with Crippen molar-refractivity contribution in [1.82, 2.24) is 15.4 Å². The van der Waals surface area contributed by atoms with Gasteiger partial charge in [0.2, 0.25) is 0 Å². The highest BCUT2D eigenvalue weighted by molar-refractivity contribution is 9.10. The molecule has 0 saturated carbocycles. The van der Waals surface area contributed by atoms with Crippen LogP contribution in [0, 0.1) is 0 Å². The molecule has 122 valence electrons. The largest absolute Gasteiger partial charge is 0.494 e. The van der Waals surface area contributed by atoms with Crippen LogP contribution in [0.4, 0.5) is 0 Å². The average molecular weight is 421 g/mol. The number of ether oxygens (including phenoxy) is 1. The predicted octanol–water partition coefficient (Wildman–Crippen LogP) is 3.18. The molecule has 1 aromatic carbocycles. The molecule has 0 aliphatic carbocycles. The van der Waals surface area contributed by atoms with Gasteiger partial charge in [0.15, 0.2) is 5.75 Å². The van der Waals surface area contributed by atoms with E-state index in [1.54, 1.807) is 23.9 Å².